The minimum absolute atomic E-state index is 0.0507. The molecule has 8 heteroatoms. The van der Waals surface area contributed by atoms with E-state index < -0.39 is 20.9 Å². The van der Waals surface area contributed by atoms with E-state index in [1.165, 1.54) is 29.2 Å². The topological polar surface area (TPSA) is 91.8 Å². The molecule has 102 valence electrons. The summed E-state index contributed by atoms with van der Waals surface area (Å²) in [6, 6.07) is 5.41. The summed E-state index contributed by atoms with van der Waals surface area (Å²) in [4.78, 5) is 23.8. The summed E-state index contributed by atoms with van der Waals surface area (Å²) >= 11 is 0. The summed E-state index contributed by atoms with van der Waals surface area (Å²) in [5.41, 5.74) is 0.456. The zero-order valence-electron chi connectivity index (χ0n) is 9.61. The molecule has 1 aromatic rings. The molecule has 1 aliphatic heterocycles. The number of rotatable bonds is 3. The van der Waals surface area contributed by atoms with Crippen molar-refractivity contribution in [2.75, 3.05) is 11.4 Å². The van der Waals surface area contributed by atoms with Crippen LogP contribution in [-0.2, 0) is 18.6 Å². The molecule has 0 spiro atoms. The third-order valence-corrected chi connectivity index (χ3v) is 4.27. The first-order chi connectivity index (χ1) is 8.79. The van der Waals surface area contributed by atoms with Crippen molar-refractivity contribution in [2.45, 2.75) is 11.3 Å². The van der Waals surface area contributed by atoms with Crippen molar-refractivity contribution in [3.63, 3.8) is 0 Å². The number of aliphatic carboxylic acids is 1. The summed E-state index contributed by atoms with van der Waals surface area (Å²) in [5, 5.41) is 8.87. The van der Waals surface area contributed by atoms with Gasteiger partial charge in [0, 0.05) is 29.3 Å². The van der Waals surface area contributed by atoms with Crippen LogP contribution in [0.1, 0.15) is 6.42 Å². The van der Waals surface area contributed by atoms with Crippen molar-refractivity contribution in [1.29, 1.82) is 0 Å². The highest BCUT2D eigenvalue weighted by atomic mass is 35.7. The van der Waals surface area contributed by atoms with Crippen LogP contribution in [0.3, 0.4) is 0 Å². The van der Waals surface area contributed by atoms with Crippen molar-refractivity contribution in [3.05, 3.63) is 24.3 Å². The number of nitrogens with zero attached hydrogens (tertiary/aromatic N) is 1. The molecule has 1 aliphatic rings. The van der Waals surface area contributed by atoms with E-state index >= 15 is 0 Å². The zero-order valence-corrected chi connectivity index (χ0v) is 11.2. The fourth-order valence-corrected chi connectivity index (χ4v) is 2.68. The van der Waals surface area contributed by atoms with E-state index in [0.717, 1.165) is 0 Å². The van der Waals surface area contributed by atoms with Crippen molar-refractivity contribution < 1.29 is 23.1 Å². The molecule has 0 bridgehead atoms. The van der Waals surface area contributed by atoms with Crippen LogP contribution >= 0.6 is 10.7 Å². The van der Waals surface area contributed by atoms with E-state index in [1.54, 1.807) is 0 Å². The second-order valence-electron chi connectivity index (χ2n) is 4.18. The average Bonchev–Trinajstić information content (AvgIpc) is 2.70. The third kappa shape index (κ3) is 2.87. The molecular weight excluding hydrogens is 294 g/mol. The largest absolute Gasteiger partial charge is 0.481 e. The predicted molar refractivity (Wildman–Crippen MR) is 67.6 cm³/mol. The number of anilines is 1. The van der Waals surface area contributed by atoms with Crippen LogP contribution in [0.4, 0.5) is 5.69 Å². The molecule has 0 radical (unpaired) electrons. The highest BCUT2D eigenvalue weighted by Crippen LogP contribution is 2.26. The molecule has 2 rings (SSSR count). The van der Waals surface area contributed by atoms with Gasteiger partial charge in [0.25, 0.3) is 9.05 Å². The Labute approximate surface area is 114 Å². The summed E-state index contributed by atoms with van der Waals surface area (Å²) in [6.07, 6.45) is -0.0507. The Morgan fingerprint density at radius 2 is 1.89 bits per heavy atom. The van der Waals surface area contributed by atoms with Crippen molar-refractivity contribution >= 4 is 37.3 Å². The molecule has 1 amide bonds. The first-order valence-electron chi connectivity index (χ1n) is 5.37. The summed E-state index contributed by atoms with van der Waals surface area (Å²) in [6.45, 7) is 0.0845. The number of carboxylic acids is 1. The van der Waals surface area contributed by atoms with Crippen LogP contribution in [0.25, 0.3) is 0 Å². The molecule has 0 aliphatic carbocycles. The van der Waals surface area contributed by atoms with Gasteiger partial charge < -0.3 is 10.0 Å². The van der Waals surface area contributed by atoms with Gasteiger partial charge in [0.1, 0.15) is 0 Å². The SMILES string of the molecule is O=C(O)C1CC(=O)N(c2ccc(S(=O)(=O)Cl)cc2)C1. The lowest BCUT2D eigenvalue weighted by molar-refractivity contribution is -0.141. The zero-order chi connectivity index (χ0) is 14.2. The molecule has 1 heterocycles. The number of carbonyl (C=O) groups excluding carboxylic acids is 1. The maximum Gasteiger partial charge on any atom is 0.308 e. The van der Waals surface area contributed by atoms with Gasteiger partial charge in [-0.3, -0.25) is 9.59 Å². The number of benzene rings is 1. The molecule has 6 nitrogen and oxygen atoms in total. The number of amides is 1. The standard InChI is InChI=1S/C11H10ClNO5S/c12-19(17,18)9-3-1-8(2-4-9)13-6-7(11(15)16)5-10(13)14/h1-4,7H,5-6H2,(H,15,16). The molecule has 0 aromatic heterocycles. The number of hydrogen-bond donors (Lipinski definition) is 1. The van der Waals surface area contributed by atoms with Gasteiger partial charge in [-0.1, -0.05) is 0 Å². The Kier molecular flexibility index (Phi) is 3.51. The quantitative estimate of drug-likeness (QED) is 0.843. The Morgan fingerprint density at radius 1 is 1.32 bits per heavy atom. The first kappa shape index (κ1) is 13.8. The summed E-state index contributed by atoms with van der Waals surface area (Å²) in [5.74, 6) is -2.05. The number of carbonyl (C=O) groups is 2. The van der Waals surface area contributed by atoms with Crippen LogP contribution in [-0.4, -0.2) is 31.9 Å². The lowest BCUT2D eigenvalue weighted by atomic mass is 10.1. The Balaban J connectivity index is 2.24. The van der Waals surface area contributed by atoms with Gasteiger partial charge in [-0.25, -0.2) is 8.42 Å². The highest BCUT2D eigenvalue weighted by Gasteiger charge is 2.35. The Bertz CT molecular complexity index is 625. The van der Waals surface area contributed by atoms with Crippen molar-refractivity contribution in [1.82, 2.24) is 0 Å². The third-order valence-electron chi connectivity index (χ3n) is 2.90. The Morgan fingerprint density at radius 3 is 2.32 bits per heavy atom. The first-order valence-corrected chi connectivity index (χ1v) is 7.68. The second kappa shape index (κ2) is 4.82. The van der Waals surface area contributed by atoms with E-state index in [1.807, 2.05) is 0 Å². The maximum atomic E-state index is 11.7. The van der Waals surface area contributed by atoms with E-state index in [-0.39, 0.29) is 23.8 Å². The van der Waals surface area contributed by atoms with E-state index in [0.29, 0.717) is 5.69 Å². The smallest absolute Gasteiger partial charge is 0.308 e. The minimum Gasteiger partial charge on any atom is -0.481 e. The lowest BCUT2D eigenvalue weighted by Gasteiger charge is -2.16. The monoisotopic (exact) mass is 303 g/mol. The molecule has 0 saturated carbocycles. The molecule has 1 unspecified atom stereocenters. The van der Waals surface area contributed by atoms with Crippen molar-refractivity contribution in [3.8, 4) is 0 Å². The van der Waals surface area contributed by atoms with Crippen LogP contribution in [0, 0.1) is 5.92 Å². The van der Waals surface area contributed by atoms with Crippen LogP contribution in [0.15, 0.2) is 29.2 Å². The molecule has 1 aromatic carbocycles. The average molecular weight is 304 g/mol. The maximum absolute atomic E-state index is 11.7. The van der Waals surface area contributed by atoms with E-state index in [9.17, 15) is 18.0 Å². The molecule has 1 N–H and O–H groups in total. The molecule has 1 saturated heterocycles. The van der Waals surface area contributed by atoms with E-state index in [4.69, 9.17) is 15.8 Å². The van der Waals surface area contributed by atoms with Gasteiger partial charge in [-0.2, -0.15) is 0 Å². The number of hydrogen-bond acceptors (Lipinski definition) is 4. The van der Waals surface area contributed by atoms with Crippen LogP contribution in [0.5, 0.6) is 0 Å². The van der Waals surface area contributed by atoms with Gasteiger partial charge in [0.05, 0.1) is 10.8 Å². The van der Waals surface area contributed by atoms with Crippen molar-refractivity contribution in [2.24, 2.45) is 5.92 Å². The van der Waals surface area contributed by atoms with Crippen LogP contribution in [0.2, 0.25) is 0 Å². The number of carboxylic acid groups (broad SMARTS) is 1. The number of halogens is 1. The van der Waals surface area contributed by atoms with Gasteiger partial charge in [0.2, 0.25) is 5.91 Å². The minimum atomic E-state index is -3.81. The van der Waals surface area contributed by atoms with Gasteiger partial charge in [-0.15, -0.1) is 0 Å². The van der Waals surface area contributed by atoms with Gasteiger partial charge >= 0.3 is 5.97 Å². The molecule has 1 atom stereocenters. The fraction of sp³-hybridized carbons (Fsp3) is 0.273. The lowest BCUT2D eigenvalue weighted by Crippen LogP contribution is -2.25. The normalized spacial score (nSPS) is 19.7. The molecule has 1 fully saturated rings. The predicted octanol–water partition coefficient (Wildman–Crippen LogP) is 1.05. The summed E-state index contributed by atoms with van der Waals surface area (Å²) < 4.78 is 22.2. The fourth-order valence-electron chi connectivity index (χ4n) is 1.91. The molecule has 19 heavy (non-hydrogen) atoms. The van der Waals surface area contributed by atoms with Crippen LogP contribution < -0.4 is 4.90 Å². The van der Waals surface area contributed by atoms with E-state index in [2.05, 4.69) is 0 Å². The van der Waals surface area contributed by atoms with Gasteiger partial charge in [0.15, 0.2) is 0 Å². The summed E-state index contributed by atoms with van der Waals surface area (Å²) in [7, 11) is 1.37. The molecular formula is C11H10ClNO5S. The van der Waals surface area contributed by atoms with Gasteiger partial charge in [-0.05, 0) is 24.3 Å². The second-order valence-corrected chi connectivity index (χ2v) is 6.74. The highest BCUT2D eigenvalue weighted by molar-refractivity contribution is 8.13. The Hall–Kier alpha value is -1.60.